The van der Waals surface area contributed by atoms with Crippen molar-refractivity contribution in [3.63, 3.8) is 0 Å². The number of phenols is 1. The second-order valence-corrected chi connectivity index (χ2v) is 33.3. The van der Waals surface area contributed by atoms with E-state index >= 15 is 0 Å². The summed E-state index contributed by atoms with van der Waals surface area (Å²) in [5, 5.41) is 27.6. The summed E-state index contributed by atoms with van der Waals surface area (Å²) in [7, 11) is 4.79. The summed E-state index contributed by atoms with van der Waals surface area (Å²) in [6.45, 7) is 27.0. The molecule has 33 nitrogen and oxygen atoms in total. The third kappa shape index (κ3) is 18.5. The first-order chi connectivity index (χ1) is 60.2. The molecule has 3 N–H and O–H groups in total. The van der Waals surface area contributed by atoms with Crippen LogP contribution in [0.1, 0.15) is 258 Å². The zero-order valence-corrected chi connectivity index (χ0v) is 72.7. The molecule has 7 aromatic carbocycles. The van der Waals surface area contributed by atoms with Crippen molar-refractivity contribution < 1.29 is 104 Å². The van der Waals surface area contributed by atoms with Gasteiger partial charge in [0.05, 0.1) is 18.2 Å². The van der Waals surface area contributed by atoms with E-state index in [1.54, 1.807) is 91.0 Å². The molecule has 6 aliphatic rings. The van der Waals surface area contributed by atoms with Gasteiger partial charge in [0.25, 0.3) is 34.7 Å². The maximum absolute atomic E-state index is 12.1. The van der Waals surface area contributed by atoms with Crippen LogP contribution in [0.3, 0.4) is 0 Å². The summed E-state index contributed by atoms with van der Waals surface area (Å²) < 4.78 is 38.8. The normalized spacial score (nSPS) is 13.2. The van der Waals surface area contributed by atoms with E-state index in [0.717, 1.165) is 19.7 Å². The van der Waals surface area contributed by atoms with Gasteiger partial charge < -0.3 is 42.1 Å². The van der Waals surface area contributed by atoms with Gasteiger partial charge >= 0.3 is 0 Å². The summed E-state index contributed by atoms with van der Waals surface area (Å²) in [4.78, 5) is 187. The number of Topliss-reactive ketones (excluding diaryl/α,β-unsaturated/α-hetero) is 12. The van der Waals surface area contributed by atoms with Crippen LogP contribution in [-0.2, 0) is 21.7 Å². The third-order valence-corrected chi connectivity index (χ3v) is 19.3. The van der Waals surface area contributed by atoms with Crippen molar-refractivity contribution >= 4 is 69.4 Å². The van der Waals surface area contributed by atoms with Gasteiger partial charge in [-0.3, -0.25) is 77.8 Å². The lowest BCUT2D eigenvalue weighted by Gasteiger charge is -2.14. The molecule has 0 aliphatic heterocycles. The van der Waals surface area contributed by atoms with Gasteiger partial charge in [0.2, 0.25) is 87.2 Å². The number of benzene rings is 7. The molecule has 33 heteroatoms. The van der Waals surface area contributed by atoms with E-state index < -0.39 is 84.7 Å². The lowest BCUT2D eigenvalue weighted by Crippen LogP contribution is -2.21. The van der Waals surface area contributed by atoms with Gasteiger partial charge in [-0.2, -0.15) is 0 Å². The van der Waals surface area contributed by atoms with E-state index in [9.17, 15) is 62.6 Å². The van der Waals surface area contributed by atoms with Gasteiger partial charge in [-0.25, -0.2) is 29.9 Å². The van der Waals surface area contributed by atoms with E-state index in [0.29, 0.717) is 125 Å². The molecule has 6 aromatic heterocycles. The smallest absolute Gasteiger partial charge is 0.271 e. The van der Waals surface area contributed by atoms with Gasteiger partial charge in [0.15, 0.2) is 42.9 Å². The maximum atomic E-state index is 12.1. The molecule has 0 fully saturated rings. The van der Waals surface area contributed by atoms with Crippen LogP contribution in [0.4, 0.5) is 0 Å². The third-order valence-electron chi connectivity index (χ3n) is 19.3. The Kier molecular flexibility index (Phi) is 26.5. The number of aromatic nitrogens is 6. The quantitative estimate of drug-likeness (QED) is 0.0942. The van der Waals surface area contributed by atoms with E-state index in [1.165, 1.54) is 32.4 Å². The average molecular weight is 1740 g/mol. The molecule has 0 atom stereocenters. The Balaban J connectivity index is 0.000000146. The predicted molar refractivity (Wildman–Crippen MR) is 462 cm³/mol. The molecule has 0 amide bonds. The number of methoxy groups -OCH3 is 1. The summed E-state index contributed by atoms with van der Waals surface area (Å²) in [6, 6.07) is 46.6. The Morgan fingerprint density at radius 1 is 0.320 bits per heavy atom. The molecule has 0 saturated heterocycles. The van der Waals surface area contributed by atoms with Crippen LogP contribution < -0.4 is 10.5 Å². The summed E-state index contributed by atoms with van der Waals surface area (Å²) >= 11 is 0. The van der Waals surface area contributed by atoms with Gasteiger partial charge in [-0.1, -0.05) is 224 Å². The van der Waals surface area contributed by atoms with Gasteiger partial charge in [0, 0.05) is 98.6 Å². The van der Waals surface area contributed by atoms with Crippen molar-refractivity contribution in [2.75, 3.05) is 28.3 Å². The molecule has 0 unspecified atom stereocenters. The molecule has 654 valence electrons. The highest BCUT2D eigenvalue weighted by atomic mass is 16.6. The first kappa shape index (κ1) is 92.9. The van der Waals surface area contributed by atoms with Gasteiger partial charge in [0.1, 0.15) is 34.3 Å². The number of fused-ring (bicyclic) bond motifs is 18. The van der Waals surface area contributed by atoms with Gasteiger partial charge in [-0.05, 0) is 43.4 Å². The molecule has 6 heterocycles. The lowest BCUT2D eigenvalue weighted by molar-refractivity contribution is -0.445. The molecular formula is C95H85N9O24. The number of carbonyl (C=O) groups is 12. The zero-order valence-electron chi connectivity index (χ0n) is 72.7. The molecule has 0 saturated carbocycles. The number of rotatable bonds is 3. The Labute approximate surface area is 729 Å². The molecule has 0 radical (unpaired) electrons. The number of hydrogen-bond donors (Lipinski definition) is 2. The first-order valence-corrected chi connectivity index (χ1v) is 39.5. The molecule has 0 spiro atoms. The van der Waals surface area contributed by atoms with Crippen LogP contribution in [0.15, 0.2) is 190 Å². The minimum absolute atomic E-state index is 0.0195. The number of nitrogens with two attached hydrogens (primary N) is 1. The number of ketones is 12. The van der Waals surface area contributed by atoms with E-state index in [-0.39, 0.29) is 79.2 Å². The molecule has 13 aromatic rings. The number of nitro groups is 2. The fraction of sp³-hybridized carbons (Fsp3) is 0.242. The fourth-order valence-corrected chi connectivity index (χ4v) is 13.2. The number of phenolic OH excluding ortho intramolecular Hbond substituents is 1. The zero-order chi connectivity index (χ0) is 94.0. The standard InChI is InChI=1S/C17H9NO3.2C15H13NO4.3C15H13NO3.2CH3NO2.CH5N/c19-14-12-9-5-4-8-11(12)13-16(15(14)20)21-17(18-13)10-6-2-1-3-7-10;1-15(2,3)14-16-10-12(19)11(18)7-5-4-6-8(17)9(7)13(10)20-14;1-7(2)15-16-11-13(18)12(17)8-5-4-6-9(19-3)10(8)14(11)20-15;3*1-15(2,3)14-16-10-8-6-4-5-7-9(8)11(17)12(18)13(10)19-14;2*1-2(3)4;1-2/h1-9H;4-6,17H,1-3H3;4-7H,1-3H3;3*4-7H,1-3H3;2*1H3;2H2,1H3. The minimum atomic E-state index is -0.697. The van der Waals surface area contributed by atoms with Crippen molar-refractivity contribution in [1.82, 2.24) is 29.9 Å². The predicted octanol–water partition coefficient (Wildman–Crippen LogP) is 17.4. The topological polar surface area (TPSA) is 503 Å². The molecule has 6 aliphatic carbocycles. The number of nitrogens with zero attached hydrogens (tertiary/aromatic N) is 8. The Morgan fingerprint density at radius 3 is 0.922 bits per heavy atom. The second-order valence-electron chi connectivity index (χ2n) is 33.3. The Morgan fingerprint density at radius 2 is 0.586 bits per heavy atom. The molecule has 19 rings (SSSR count). The van der Waals surface area contributed by atoms with Crippen molar-refractivity contribution in [2.45, 2.75) is 125 Å². The highest BCUT2D eigenvalue weighted by molar-refractivity contribution is 6.55. The van der Waals surface area contributed by atoms with Crippen molar-refractivity contribution in [1.29, 1.82) is 0 Å². The van der Waals surface area contributed by atoms with E-state index in [1.807, 2.05) is 152 Å². The van der Waals surface area contributed by atoms with E-state index in [4.69, 9.17) is 51.5 Å². The second kappa shape index (κ2) is 36.6. The number of aromatic hydroxyl groups is 1. The van der Waals surface area contributed by atoms with Gasteiger partial charge in [-0.15, -0.1) is 0 Å². The highest BCUT2D eigenvalue weighted by Gasteiger charge is 2.44. The largest absolute Gasteiger partial charge is 0.507 e. The summed E-state index contributed by atoms with van der Waals surface area (Å²) in [5.74, 6) is -3.49. The minimum Gasteiger partial charge on any atom is -0.507 e. The molecule has 0 bridgehead atoms. The first-order valence-electron chi connectivity index (χ1n) is 39.5. The SMILES string of the molecule is CC(C)(C)c1nc2c(o1)-c1c(O)cccc1C(=O)C2=O.CC(C)(C)c1nc2c(o1)C(=O)C(=O)c1ccccc1-2.CC(C)(C)c1nc2c(o1)C(=O)C(=O)c1ccccc1-2.CC(C)(C)c1nc2c(o1)C(=O)C(=O)c1ccccc1-2.CN.COc1cccc2c1-c1oc(C(C)C)nc1C(=O)C2=O.C[N+](=O)[O-].C[N+](=O)[O-].O=C1C(=O)c2oc(-c3ccccc3)nc2-c2ccccc21. The van der Waals surface area contributed by atoms with Crippen LogP contribution >= 0.6 is 0 Å². The van der Waals surface area contributed by atoms with Crippen LogP contribution in [0, 0.1) is 20.2 Å². The van der Waals surface area contributed by atoms with Crippen LogP contribution in [0.5, 0.6) is 11.5 Å². The highest BCUT2D eigenvalue weighted by Crippen LogP contribution is 2.46. The van der Waals surface area contributed by atoms with E-state index in [2.05, 4.69) is 35.6 Å². The Bertz CT molecular complexity index is 6410. The molecule has 128 heavy (non-hydrogen) atoms. The summed E-state index contributed by atoms with van der Waals surface area (Å²) in [6.07, 6.45) is 0. The number of ether oxygens (including phenoxy) is 1. The lowest BCUT2D eigenvalue weighted by atomic mass is 9.90. The van der Waals surface area contributed by atoms with Crippen molar-refractivity contribution in [2.24, 2.45) is 5.73 Å². The fourth-order valence-electron chi connectivity index (χ4n) is 13.2. The van der Waals surface area contributed by atoms with Crippen molar-refractivity contribution in [3.05, 3.63) is 281 Å². The van der Waals surface area contributed by atoms with Crippen LogP contribution in [0.2, 0.25) is 0 Å². The van der Waals surface area contributed by atoms with Crippen LogP contribution in [0.25, 0.3) is 79.1 Å². The number of oxazole rings is 6. The number of carbonyl (C=O) groups excluding carboxylic acids is 12. The average Bonchev–Trinajstić information content (AvgIpc) is 1.60. The molecular weight excluding hydrogens is 1650 g/mol. The van der Waals surface area contributed by atoms with Crippen LogP contribution in [-0.4, -0.2) is 143 Å². The summed E-state index contributed by atoms with van der Waals surface area (Å²) in [5.41, 5.74) is 11.3. The Hall–Kier alpha value is -15.8. The number of hydrogen-bond acceptors (Lipinski definition) is 31. The van der Waals surface area contributed by atoms with Crippen molar-refractivity contribution in [3.8, 4) is 90.6 Å². The monoisotopic (exact) mass is 1740 g/mol. The maximum Gasteiger partial charge on any atom is 0.271 e.